The summed E-state index contributed by atoms with van der Waals surface area (Å²) in [6.07, 6.45) is 2.23. The van der Waals surface area contributed by atoms with Crippen molar-refractivity contribution in [3.05, 3.63) is 59.4 Å². The lowest BCUT2D eigenvalue weighted by Crippen LogP contribution is -2.32. The van der Waals surface area contributed by atoms with Gasteiger partial charge in [-0.25, -0.2) is 4.39 Å². The van der Waals surface area contributed by atoms with Gasteiger partial charge in [-0.05, 0) is 59.7 Å². The lowest BCUT2D eigenvalue weighted by Gasteiger charge is -2.27. The van der Waals surface area contributed by atoms with Gasteiger partial charge in [-0.15, -0.1) is 0 Å². The maximum atomic E-state index is 13.7. The first-order valence-corrected chi connectivity index (χ1v) is 11.2. The van der Waals surface area contributed by atoms with Crippen LogP contribution in [-0.2, 0) is 22.7 Å². The molecule has 2 amide bonds. The van der Waals surface area contributed by atoms with E-state index in [1.807, 2.05) is 64.0 Å². The number of nitrogens with zero attached hydrogens (tertiary/aromatic N) is 2. The smallest absolute Gasteiger partial charge is 0.226 e. The summed E-state index contributed by atoms with van der Waals surface area (Å²) in [5, 5.41) is 2.99. The van der Waals surface area contributed by atoms with Gasteiger partial charge in [-0.1, -0.05) is 32.9 Å². The summed E-state index contributed by atoms with van der Waals surface area (Å²) >= 11 is 0. The first-order chi connectivity index (χ1) is 15.0. The summed E-state index contributed by atoms with van der Waals surface area (Å²) in [7, 11) is 3.91. The van der Waals surface area contributed by atoms with Crippen LogP contribution in [0.2, 0.25) is 0 Å². The van der Waals surface area contributed by atoms with E-state index in [4.69, 9.17) is 0 Å². The van der Waals surface area contributed by atoms with Crippen molar-refractivity contribution in [3.8, 4) is 0 Å². The Labute approximate surface area is 190 Å². The number of amides is 2. The normalized spacial score (nSPS) is 13.6. The zero-order valence-corrected chi connectivity index (χ0v) is 19.7. The number of benzene rings is 2. The molecule has 1 aliphatic carbocycles. The van der Waals surface area contributed by atoms with Crippen LogP contribution in [0.1, 0.15) is 51.2 Å². The molecular weight excluding hydrogens is 405 g/mol. The lowest BCUT2D eigenvalue weighted by molar-refractivity contribution is -0.133. The number of halogens is 1. The highest BCUT2D eigenvalue weighted by Crippen LogP contribution is 2.33. The molecule has 1 N–H and O–H groups in total. The van der Waals surface area contributed by atoms with Gasteiger partial charge in [-0.2, -0.15) is 0 Å². The quantitative estimate of drug-likeness (QED) is 0.615. The Morgan fingerprint density at radius 1 is 1.06 bits per heavy atom. The largest absolute Gasteiger partial charge is 0.377 e. The van der Waals surface area contributed by atoms with Crippen molar-refractivity contribution in [2.45, 2.75) is 53.1 Å². The minimum absolute atomic E-state index is 0.0354. The monoisotopic (exact) mass is 439 g/mol. The second-order valence-corrected chi connectivity index (χ2v) is 10.1. The van der Waals surface area contributed by atoms with E-state index in [1.54, 1.807) is 11.0 Å². The molecule has 1 fully saturated rings. The topological polar surface area (TPSA) is 52.7 Å². The van der Waals surface area contributed by atoms with E-state index in [2.05, 4.69) is 5.32 Å². The van der Waals surface area contributed by atoms with Gasteiger partial charge in [0.15, 0.2) is 0 Å². The molecule has 0 spiro atoms. The summed E-state index contributed by atoms with van der Waals surface area (Å²) in [5.41, 5.74) is 3.29. The fraction of sp³-hybridized carbons (Fsp3) is 0.462. The van der Waals surface area contributed by atoms with E-state index in [0.717, 1.165) is 29.7 Å². The van der Waals surface area contributed by atoms with Gasteiger partial charge in [0.25, 0.3) is 0 Å². The van der Waals surface area contributed by atoms with E-state index in [-0.39, 0.29) is 29.0 Å². The fourth-order valence-electron chi connectivity index (χ4n) is 3.77. The Balaban J connectivity index is 1.86. The van der Waals surface area contributed by atoms with Crippen LogP contribution < -0.4 is 10.2 Å². The Bertz CT molecular complexity index is 977. The highest BCUT2D eigenvalue weighted by atomic mass is 19.1. The third-order valence-electron chi connectivity index (χ3n) is 5.40. The summed E-state index contributed by atoms with van der Waals surface area (Å²) < 4.78 is 13.7. The van der Waals surface area contributed by atoms with E-state index in [1.165, 1.54) is 12.1 Å². The first-order valence-electron chi connectivity index (χ1n) is 11.2. The molecule has 3 rings (SSSR count). The summed E-state index contributed by atoms with van der Waals surface area (Å²) in [5.74, 6) is -0.187. The van der Waals surface area contributed by atoms with Crippen molar-refractivity contribution in [2.24, 2.45) is 11.3 Å². The summed E-state index contributed by atoms with van der Waals surface area (Å²) in [6, 6.07) is 12.2. The van der Waals surface area contributed by atoms with Gasteiger partial charge in [0.2, 0.25) is 11.8 Å². The molecule has 0 unspecified atom stereocenters. The molecular formula is C26H34FN3O2. The molecule has 0 atom stereocenters. The molecule has 172 valence electrons. The molecule has 6 heteroatoms. The predicted octanol–water partition coefficient (Wildman–Crippen LogP) is 5.21. The number of carbonyl (C=O) groups is 2. The Kier molecular flexibility index (Phi) is 7.22. The highest BCUT2D eigenvalue weighted by Gasteiger charge is 2.33. The molecule has 1 aliphatic rings. The molecule has 1 saturated carbocycles. The number of anilines is 2. The Hall–Kier alpha value is -2.89. The zero-order chi connectivity index (χ0) is 23.5. The molecule has 2 aromatic rings. The Morgan fingerprint density at radius 2 is 1.78 bits per heavy atom. The van der Waals surface area contributed by atoms with E-state index >= 15 is 0 Å². The van der Waals surface area contributed by atoms with Crippen LogP contribution in [0, 0.1) is 17.2 Å². The lowest BCUT2D eigenvalue weighted by atomic mass is 9.92. The van der Waals surface area contributed by atoms with E-state index in [0.29, 0.717) is 25.2 Å². The third-order valence-corrected chi connectivity index (χ3v) is 5.40. The number of hydrogen-bond donors (Lipinski definition) is 1. The molecule has 0 bridgehead atoms. The summed E-state index contributed by atoms with van der Waals surface area (Å²) in [6.45, 7) is 6.83. The van der Waals surface area contributed by atoms with Crippen LogP contribution in [0.5, 0.6) is 0 Å². The van der Waals surface area contributed by atoms with E-state index < -0.39 is 0 Å². The van der Waals surface area contributed by atoms with Crippen molar-refractivity contribution < 1.29 is 14.0 Å². The third kappa shape index (κ3) is 6.81. The molecule has 32 heavy (non-hydrogen) atoms. The van der Waals surface area contributed by atoms with Gasteiger partial charge in [0, 0.05) is 50.9 Å². The van der Waals surface area contributed by atoms with Gasteiger partial charge in [0.1, 0.15) is 5.82 Å². The SMILES string of the molecule is CN(C)c1ccc(NC(=O)CC(C)(C)C)cc1CN(Cc1cccc(F)c1)C(=O)C1CC1. The molecule has 2 aromatic carbocycles. The van der Waals surface area contributed by atoms with Crippen LogP contribution in [0.3, 0.4) is 0 Å². The van der Waals surface area contributed by atoms with Crippen molar-refractivity contribution in [3.63, 3.8) is 0 Å². The van der Waals surface area contributed by atoms with Gasteiger partial charge < -0.3 is 15.1 Å². The molecule has 0 heterocycles. The molecule has 0 aliphatic heterocycles. The molecule has 0 saturated heterocycles. The second-order valence-electron chi connectivity index (χ2n) is 10.1. The van der Waals surface area contributed by atoms with Crippen LogP contribution in [0.4, 0.5) is 15.8 Å². The number of rotatable bonds is 8. The average molecular weight is 440 g/mol. The predicted molar refractivity (Wildman–Crippen MR) is 127 cm³/mol. The van der Waals surface area contributed by atoms with Crippen LogP contribution in [-0.4, -0.2) is 30.8 Å². The second kappa shape index (κ2) is 9.72. The zero-order valence-electron chi connectivity index (χ0n) is 19.7. The molecule has 0 aromatic heterocycles. The molecule has 5 nitrogen and oxygen atoms in total. The van der Waals surface area contributed by atoms with Gasteiger partial charge in [-0.3, -0.25) is 9.59 Å². The fourth-order valence-corrected chi connectivity index (χ4v) is 3.77. The minimum atomic E-state index is -0.307. The van der Waals surface area contributed by atoms with E-state index in [9.17, 15) is 14.0 Å². The number of hydrogen-bond acceptors (Lipinski definition) is 3. The van der Waals surface area contributed by atoms with Crippen molar-refractivity contribution >= 4 is 23.2 Å². The first kappa shape index (κ1) is 23.8. The van der Waals surface area contributed by atoms with Crippen molar-refractivity contribution in [1.29, 1.82) is 0 Å². The number of nitrogens with one attached hydrogen (secondary N) is 1. The standard InChI is InChI=1S/C26H34FN3O2/c1-26(2,3)15-24(31)28-22-11-12-23(29(4)5)20(14-22)17-30(25(32)19-9-10-19)16-18-7-6-8-21(27)13-18/h6-8,11-14,19H,9-10,15-17H2,1-5H3,(H,28,31). The maximum Gasteiger partial charge on any atom is 0.226 e. The van der Waals surface area contributed by atoms with Crippen LogP contribution in [0.15, 0.2) is 42.5 Å². The average Bonchev–Trinajstić information content (AvgIpc) is 3.50. The van der Waals surface area contributed by atoms with Gasteiger partial charge in [0.05, 0.1) is 0 Å². The Morgan fingerprint density at radius 3 is 2.38 bits per heavy atom. The van der Waals surface area contributed by atoms with Gasteiger partial charge >= 0.3 is 0 Å². The maximum absolute atomic E-state index is 13.7. The highest BCUT2D eigenvalue weighted by molar-refractivity contribution is 5.91. The minimum Gasteiger partial charge on any atom is -0.377 e. The van der Waals surface area contributed by atoms with Crippen LogP contribution >= 0.6 is 0 Å². The van der Waals surface area contributed by atoms with Crippen molar-refractivity contribution in [1.82, 2.24) is 4.90 Å². The van der Waals surface area contributed by atoms with Crippen molar-refractivity contribution in [2.75, 3.05) is 24.3 Å². The summed E-state index contributed by atoms with van der Waals surface area (Å²) in [4.78, 5) is 29.3. The molecule has 0 radical (unpaired) electrons. The number of carbonyl (C=O) groups excluding carboxylic acids is 2. The van der Waals surface area contributed by atoms with Crippen LogP contribution in [0.25, 0.3) is 0 Å².